The minimum absolute atomic E-state index is 0.0654. The minimum atomic E-state index is -0.0654. The summed E-state index contributed by atoms with van der Waals surface area (Å²) in [4.78, 5) is 21.5. The summed E-state index contributed by atoms with van der Waals surface area (Å²) in [5.74, 6) is 1.24. The van der Waals surface area contributed by atoms with Gasteiger partial charge in [0.2, 0.25) is 0 Å². The lowest BCUT2D eigenvalue weighted by molar-refractivity contribution is 0.362. The summed E-state index contributed by atoms with van der Waals surface area (Å²) < 4.78 is 0.664. The molecule has 3 aromatic heterocycles. The van der Waals surface area contributed by atoms with Crippen LogP contribution in [0.2, 0.25) is 0 Å². The fraction of sp³-hybridized carbons (Fsp3) is 0.286. The van der Waals surface area contributed by atoms with Gasteiger partial charge in [0.15, 0.2) is 0 Å². The van der Waals surface area contributed by atoms with Gasteiger partial charge in [0.25, 0.3) is 5.56 Å². The molecule has 1 saturated heterocycles. The Morgan fingerprint density at radius 2 is 2.04 bits per heavy atom. The van der Waals surface area contributed by atoms with E-state index in [1.54, 1.807) is 6.20 Å². The number of nitrogens with zero attached hydrogens (tertiary/aromatic N) is 2. The van der Waals surface area contributed by atoms with Crippen molar-refractivity contribution in [1.29, 1.82) is 0 Å². The van der Waals surface area contributed by atoms with Crippen molar-refractivity contribution in [3.8, 4) is 10.4 Å². The van der Waals surface area contributed by atoms with Crippen molar-refractivity contribution in [1.82, 2.24) is 25.5 Å². The van der Waals surface area contributed by atoms with Crippen molar-refractivity contribution in [3.63, 3.8) is 0 Å². The van der Waals surface area contributed by atoms with Crippen LogP contribution in [0.25, 0.3) is 20.7 Å². The standard InChI is InChI=1S/C21H21N5OS/c1-12-15(11-23-26-12)18-9-17-19(28-18)21(27)25-20(24-17)16-8-7-14(10-22-16)13-5-3-2-4-6-13/h2-6,9,11,14,16,22H,7-8,10H2,1H3,(H,23,26)(H,24,25,27)/t14-,16-/m0/s1. The molecule has 1 aromatic carbocycles. The van der Waals surface area contributed by atoms with Gasteiger partial charge in [-0.2, -0.15) is 5.10 Å². The number of nitrogens with one attached hydrogen (secondary N) is 3. The van der Waals surface area contributed by atoms with Crippen LogP contribution in [0, 0.1) is 6.92 Å². The van der Waals surface area contributed by atoms with Gasteiger partial charge in [-0.05, 0) is 37.3 Å². The van der Waals surface area contributed by atoms with E-state index >= 15 is 0 Å². The maximum absolute atomic E-state index is 12.7. The van der Waals surface area contributed by atoms with E-state index in [2.05, 4.69) is 44.8 Å². The Kier molecular flexibility index (Phi) is 4.33. The number of aromatic nitrogens is 4. The summed E-state index contributed by atoms with van der Waals surface area (Å²) >= 11 is 1.46. The topological polar surface area (TPSA) is 86.5 Å². The summed E-state index contributed by atoms with van der Waals surface area (Å²) in [5.41, 5.74) is 4.06. The third-order valence-corrected chi connectivity index (χ3v) is 6.67. The summed E-state index contributed by atoms with van der Waals surface area (Å²) in [6, 6.07) is 12.7. The highest BCUT2D eigenvalue weighted by atomic mass is 32.1. The van der Waals surface area contributed by atoms with Gasteiger partial charge in [-0.1, -0.05) is 30.3 Å². The molecule has 0 amide bonds. The Bertz CT molecular complexity index is 1170. The van der Waals surface area contributed by atoms with Gasteiger partial charge in [0.05, 0.1) is 17.8 Å². The molecular weight excluding hydrogens is 370 g/mol. The molecule has 1 aliphatic rings. The second-order valence-corrected chi connectivity index (χ2v) is 8.38. The van der Waals surface area contributed by atoms with Crippen LogP contribution in [-0.2, 0) is 0 Å². The number of thiophene rings is 1. The Morgan fingerprint density at radius 3 is 2.75 bits per heavy atom. The first-order valence-corrected chi connectivity index (χ1v) is 10.3. The Labute approximate surface area is 166 Å². The highest BCUT2D eigenvalue weighted by Gasteiger charge is 2.25. The monoisotopic (exact) mass is 391 g/mol. The number of hydrogen-bond donors (Lipinski definition) is 3. The van der Waals surface area contributed by atoms with Crippen LogP contribution in [-0.4, -0.2) is 26.7 Å². The number of benzene rings is 1. The molecule has 2 atom stereocenters. The van der Waals surface area contributed by atoms with Crippen LogP contribution >= 0.6 is 11.3 Å². The van der Waals surface area contributed by atoms with Gasteiger partial charge in [-0.25, -0.2) is 4.98 Å². The summed E-state index contributed by atoms with van der Waals surface area (Å²) in [7, 11) is 0. The van der Waals surface area contributed by atoms with E-state index in [9.17, 15) is 4.79 Å². The highest BCUT2D eigenvalue weighted by molar-refractivity contribution is 7.22. The average Bonchev–Trinajstić information content (AvgIpc) is 3.35. The number of hydrogen-bond acceptors (Lipinski definition) is 5. The molecule has 0 aliphatic carbocycles. The predicted octanol–water partition coefficient (Wildman–Crippen LogP) is 3.89. The fourth-order valence-corrected chi connectivity index (χ4v) is 5.01. The number of H-pyrrole nitrogens is 2. The van der Waals surface area contributed by atoms with E-state index in [1.807, 2.05) is 19.1 Å². The van der Waals surface area contributed by atoms with Gasteiger partial charge in [0.1, 0.15) is 10.5 Å². The maximum Gasteiger partial charge on any atom is 0.268 e. The zero-order valence-electron chi connectivity index (χ0n) is 15.5. The second kappa shape index (κ2) is 7.00. The molecule has 1 fully saturated rings. The van der Waals surface area contributed by atoms with Gasteiger partial charge >= 0.3 is 0 Å². The zero-order chi connectivity index (χ0) is 19.1. The molecule has 6 nitrogen and oxygen atoms in total. The third kappa shape index (κ3) is 3.06. The molecule has 3 N–H and O–H groups in total. The normalized spacial score (nSPS) is 19.9. The van der Waals surface area contributed by atoms with Crippen molar-refractivity contribution in [2.24, 2.45) is 0 Å². The molecule has 1 aliphatic heterocycles. The van der Waals surface area contributed by atoms with Gasteiger partial charge in [-0.15, -0.1) is 11.3 Å². The minimum Gasteiger partial charge on any atom is -0.308 e. The molecule has 5 rings (SSSR count). The Hall–Kier alpha value is -2.77. The number of piperidine rings is 1. The lowest BCUT2D eigenvalue weighted by Crippen LogP contribution is -2.34. The molecule has 0 bridgehead atoms. The molecule has 28 heavy (non-hydrogen) atoms. The summed E-state index contributed by atoms with van der Waals surface area (Å²) in [6.07, 6.45) is 3.82. The number of aromatic amines is 2. The van der Waals surface area contributed by atoms with Crippen molar-refractivity contribution in [2.45, 2.75) is 31.7 Å². The van der Waals surface area contributed by atoms with Crippen LogP contribution in [0.5, 0.6) is 0 Å². The van der Waals surface area contributed by atoms with Crippen molar-refractivity contribution in [2.75, 3.05) is 6.54 Å². The van der Waals surface area contributed by atoms with E-state index < -0.39 is 0 Å². The lowest BCUT2D eigenvalue weighted by Gasteiger charge is -2.29. The fourth-order valence-electron chi connectivity index (χ4n) is 3.95. The van der Waals surface area contributed by atoms with Crippen LogP contribution < -0.4 is 10.9 Å². The molecule has 4 heterocycles. The van der Waals surface area contributed by atoms with Crippen LogP contribution in [0.4, 0.5) is 0 Å². The number of fused-ring (bicyclic) bond motifs is 1. The molecular formula is C21H21N5OS. The Morgan fingerprint density at radius 1 is 1.18 bits per heavy atom. The van der Waals surface area contributed by atoms with E-state index in [4.69, 9.17) is 4.98 Å². The summed E-state index contributed by atoms with van der Waals surface area (Å²) in [6.45, 7) is 2.87. The molecule has 7 heteroatoms. The molecule has 0 radical (unpaired) electrons. The molecule has 4 aromatic rings. The van der Waals surface area contributed by atoms with E-state index in [1.165, 1.54) is 16.9 Å². The van der Waals surface area contributed by atoms with Crippen molar-refractivity contribution >= 4 is 21.6 Å². The highest BCUT2D eigenvalue weighted by Crippen LogP contribution is 2.34. The van der Waals surface area contributed by atoms with Crippen LogP contribution in [0.1, 0.15) is 41.9 Å². The molecule has 0 spiro atoms. The number of aryl methyl sites for hydroxylation is 1. The maximum atomic E-state index is 12.7. The predicted molar refractivity (Wildman–Crippen MR) is 112 cm³/mol. The van der Waals surface area contributed by atoms with Gasteiger partial charge in [0, 0.05) is 22.7 Å². The van der Waals surface area contributed by atoms with Crippen molar-refractivity contribution < 1.29 is 0 Å². The molecule has 142 valence electrons. The molecule has 0 saturated carbocycles. The zero-order valence-corrected chi connectivity index (χ0v) is 16.3. The largest absolute Gasteiger partial charge is 0.308 e. The Balaban J connectivity index is 1.41. The third-order valence-electron chi connectivity index (χ3n) is 5.51. The first-order valence-electron chi connectivity index (χ1n) is 9.51. The number of rotatable bonds is 3. The second-order valence-electron chi connectivity index (χ2n) is 7.33. The molecule has 0 unspecified atom stereocenters. The quantitative estimate of drug-likeness (QED) is 0.494. The van der Waals surface area contributed by atoms with E-state index in [-0.39, 0.29) is 11.6 Å². The van der Waals surface area contributed by atoms with Crippen molar-refractivity contribution in [3.05, 3.63) is 70.0 Å². The van der Waals surface area contributed by atoms with Crippen LogP contribution in [0.15, 0.2) is 47.4 Å². The average molecular weight is 392 g/mol. The lowest BCUT2D eigenvalue weighted by atomic mass is 9.88. The first-order chi connectivity index (χ1) is 13.7. The van der Waals surface area contributed by atoms with Crippen LogP contribution in [0.3, 0.4) is 0 Å². The van der Waals surface area contributed by atoms with E-state index in [0.717, 1.165) is 46.9 Å². The van der Waals surface area contributed by atoms with E-state index in [0.29, 0.717) is 10.6 Å². The SMILES string of the molecule is Cc1[nH]ncc1-c1cc2nc([C@@H]3CC[C@H](c4ccccc4)CN3)[nH]c(=O)c2s1. The summed E-state index contributed by atoms with van der Waals surface area (Å²) in [5, 5.41) is 10.6. The first kappa shape index (κ1) is 17.3. The smallest absolute Gasteiger partial charge is 0.268 e. The van der Waals surface area contributed by atoms with Gasteiger partial charge in [-0.3, -0.25) is 9.89 Å². The van der Waals surface area contributed by atoms with Gasteiger partial charge < -0.3 is 10.3 Å².